The first-order chi connectivity index (χ1) is 8.10. The van der Waals surface area contributed by atoms with Crippen molar-refractivity contribution in [2.45, 2.75) is 59.3 Å². The minimum Gasteiger partial charge on any atom is -0.724 e. The average Bonchev–Trinajstić information content (AvgIpc) is 2.33. The number of nitrogens with zero attached hydrogens (tertiary/aromatic N) is 1. The van der Waals surface area contributed by atoms with E-state index >= 15 is 0 Å². The predicted octanol–water partition coefficient (Wildman–Crippen LogP) is 4.93. The Labute approximate surface area is 108 Å². The van der Waals surface area contributed by atoms with Gasteiger partial charge in [-0.2, -0.15) is 0 Å². The summed E-state index contributed by atoms with van der Waals surface area (Å²) < 4.78 is 0. The van der Waals surface area contributed by atoms with Crippen LogP contribution in [0.4, 0.5) is 0 Å². The zero-order chi connectivity index (χ0) is 13.6. The second kappa shape index (κ2) is 13.9. The van der Waals surface area contributed by atoms with E-state index in [0.29, 0.717) is 6.08 Å². The molecule has 102 valence electrons. The molecule has 0 amide bonds. The van der Waals surface area contributed by atoms with Gasteiger partial charge in [-0.1, -0.05) is 40.0 Å². The molecule has 0 atom stereocenters. The summed E-state index contributed by atoms with van der Waals surface area (Å²) in [5, 5.41) is 6.76. The monoisotopic (exact) mass is 259 g/mol. The van der Waals surface area contributed by atoms with Crippen molar-refractivity contribution in [1.82, 2.24) is 0 Å². The van der Waals surface area contributed by atoms with Crippen molar-refractivity contribution in [2.24, 2.45) is 0 Å². The van der Waals surface area contributed by atoms with Gasteiger partial charge in [-0.25, -0.2) is 0 Å². The van der Waals surface area contributed by atoms with E-state index < -0.39 is 7.26 Å². The van der Waals surface area contributed by atoms with E-state index in [1.807, 2.05) is 0 Å². The molecule has 3 heteroatoms. The molecule has 0 heterocycles. The third-order valence-corrected chi connectivity index (χ3v) is 7.34. The van der Waals surface area contributed by atoms with Crippen LogP contribution < -0.4 is 0 Å². The van der Waals surface area contributed by atoms with Crippen LogP contribution >= 0.6 is 7.26 Å². The minimum atomic E-state index is -0.519. The number of hydrogen-bond donors (Lipinski definition) is 0. The van der Waals surface area contributed by atoms with Crippen molar-refractivity contribution < 1.29 is 4.79 Å². The smallest absolute Gasteiger partial charge is 0.0591 e. The van der Waals surface area contributed by atoms with Crippen molar-refractivity contribution in [2.75, 3.05) is 25.2 Å². The van der Waals surface area contributed by atoms with Crippen molar-refractivity contribution >= 4 is 13.3 Å². The van der Waals surface area contributed by atoms with Gasteiger partial charge in [0.15, 0.2) is 0 Å². The van der Waals surface area contributed by atoms with Crippen LogP contribution in [-0.4, -0.2) is 31.2 Å². The minimum absolute atomic E-state index is 0.500. The van der Waals surface area contributed by atoms with Gasteiger partial charge < -0.3 is 5.41 Å². The summed E-state index contributed by atoms with van der Waals surface area (Å²) >= 11 is 0. The Morgan fingerprint density at radius 1 is 0.882 bits per heavy atom. The van der Waals surface area contributed by atoms with Crippen LogP contribution in [0.15, 0.2) is 0 Å². The van der Waals surface area contributed by atoms with Gasteiger partial charge in [0.25, 0.3) is 0 Å². The summed E-state index contributed by atoms with van der Waals surface area (Å²) in [6.45, 7) is 9.59. The van der Waals surface area contributed by atoms with Gasteiger partial charge in [-0.15, -0.1) is 0 Å². The van der Waals surface area contributed by atoms with Gasteiger partial charge in [0, 0.05) is 13.9 Å². The first kappa shape index (κ1) is 19.2. The second-order valence-corrected chi connectivity index (χ2v) is 9.52. The third-order valence-electron chi connectivity index (χ3n) is 3.15. The molecule has 0 aliphatic carbocycles. The SMILES string of the molecule is CCCC[P+](C)(CCCC)CCCC.[N-]=C=O. The zero-order valence-corrected chi connectivity index (χ0v) is 13.1. The maximum Gasteiger partial charge on any atom is 0.0591 e. The molecular weight excluding hydrogens is 229 g/mol. The van der Waals surface area contributed by atoms with Crippen LogP contribution in [-0.2, 0) is 4.79 Å². The second-order valence-electron chi connectivity index (χ2n) is 4.94. The molecule has 0 aliphatic rings. The summed E-state index contributed by atoms with van der Waals surface area (Å²) in [5.74, 6) is 0. The van der Waals surface area contributed by atoms with E-state index in [1.165, 1.54) is 38.5 Å². The summed E-state index contributed by atoms with van der Waals surface area (Å²) in [7, 11) is -0.519. The Hall–Kier alpha value is -0.190. The normalized spacial score (nSPS) is 10.4. The molecule has 0 saturated heterocycles. The Bertz CT molecular complexity index is 167. The van der Waals surface area contributed by atoms with Crippen LogP contribution in [0.25, 0.3) is 5.41 Å². The molecule has 0 aromatic carbocycles. The van der Waals surface area contributed by atoms with Gasteiger partial charge in [-0.3, -0.25) is 4.79 Å². The van der Waals surface area contributed by atoms with Gasteiger partial charge in [0.2, 0.25) is 0 Å². The zero-order valence-electron chi connectivity index (χ0n) is 12.2. The van der Waals surface area contributed by atoms with Crippen molar-refractivity contribution in [3.8, 4) is 0 Å². The summed E-state index contributed by atoms with van der Waals surface area (Å²) in [6, 6.07) is 0. The van der Waals surface area contributed by atoms with Gasteiger partial charge in [-0.05, 0) is 25.3 Å². The Kier molecular flexibility index (Phi) is 15.6. The molecule has 0 rings (SSSR count). The van der Waals surface area contributed by atoms with E-state index in [4.69, 9.17) is 10.2 Å². The average molecular weight is 259 g/mol. The van der Waals surface area contributed by atoms with Crippen LogP contribution in [0.1, 0.15) is 59.3 Å². The van der Waals surface area contributed by atoms with E-state index in [9.17, 15) is 0 Å². The molecule has 0 aliphatic heterocycles. The molecule has 0 spiro atoms. The molecule has 17 heavy (non-hydrogen) atoms. The van der Waals surface area contributed by atoms with Crippen molar-refractivity contribution in [3.63, 3.8) is 0 Å². The van der Waals surface area contributed by atoms with Crippen LogP contribution in [0, 0.1) is 0 Å². The highest BCUT2D eigenvalue weighted by Gasteiger charge is 2.28. The molecule has 0 fully saturated rings. The lowest BCUT2D eigenvalue weighted by molar-refractivity contribution is 0.569. The van der Waals surface area contributed by atoms with Crippen molar-refractivity contribution in [1.29, 1.82) is 0 Å². The van der Waals surface area contributed by atoms with Crippen molar-refractivity contribution in [3.05, 3.63) is 5.41 Å². The number of rotatable bonds is 9. The topological polar surface area (TPSA) is 39.4 Å². The van der Waals surface area contributed by atoms with E-state index in [-0.39, 0.29) is 0 Å². The molecule has 0 unspecified atom stereocenters. The molecule has 0 N–H and O–H groups in total. The number of carbonyl (C=O) groups excluding carboxylic acids is 1. The Morgan fingerprint density at radius 3 is 1.29 bits per heavy atom. The largest absolute Gasteiger partial charge is 0.724 e. The highest BCUT2D eigenvalue weighted by Crippen LogP contribution is 2.57. The van der Waals surface area contributed by atoms with Crippen LogP contribution in [0.3, 0.4) is 0 Å². The van der Waals surface area contributed by atoms with E-state index in [1.54, 1.807) is 18.5 Å². The molecule has 0 aromatic heterocycles. The summed E-state index contributed by atoms with van der Waals surface area (Å²) in [6.07, 6.45) is 13.7. The fraction of sp³-hybridized carbons (Fsp3) is 0.929. The van der Waals surface area contributed by atoms with Crippen LogP contribution in [0.2, 0.25) is 0 Å². The molecule has 2 nitrogen and oxygen atoms in total. The molecule has 0 radical (unpaired) electrons. The standard InChI is InChI=1S/C13H30P.CNO/c1-5-8-11-14(4,12-9-6-2)13-10-7-3;2-1-3/h5-13H2,1-4H3;/q+1;-1. The number of isocyanates is 1. The highest BCUT2D eigenvalue weighted by atomic mass is 31.2. The molecule has 0 saturated carbocycles. The lowest BCUT2D eigenvalue weighted by Gasteiger charge is -2.22. The number of unbranched alkanes of at least 4 members (excludes halogenated alkanes) is 3. The highest BCUT2D eigenvalue weighted by molar-refractivity contribution is 7.75. The lowest BCUT2D eigenvalue weighted by Crippen LogP contribution is -2.07. The maximum absolute atomic E-state index is 8.24. The van der Waals surface area contributed by atoms with Gasteiger partial charge in [0.05, 0.1) is 18.5 Å². The maximum atomic E-state index is 8.24. The quantitative estimate of drug-likeness (QED) is 0.329. The predicted molar refractivity (Wildman–Crippen MR) is 81.2 cm³/mol. The van der Waals surface area contributed by atoms with E-state index in [0.717, 1.165) is 0 Å². The third kappa shape index (κ3) is 13.7. The first-order valence-electron chi connectivity index (χ1n) is 6.94. The fourth-order valence-corrected chi connectivity index (χ4v) is 5.86. The van der Waals surface area contributed by atoms with Crippen LogP contribution in [0.5, 0.6) is 0 Å². The molecule has 0 aromatic rings. The Morgan fingerprint density at radius 2 is 1.12 bits per heavy atom. The summed E-state index contributed by atoms with van der Waals surface area (Å²) in [5.41, 5.74) is 0. The molecular formula is C14H30NOP. The summed E-state index contributed by atoms with van der Waals surface area (Å²) in [4.78, 5) is 8.24. The van der Waals surface area contributed by atoms with E-state index in [2.05, 4.69) is 27.4 Å². The first-order valence-corrected chi connectivity index (χ1v) is 9.74. The van der Waals surface area contributed by atoms with Gasteiger partial charge >= 0.3 is 0 Å². The lowest BCUT2D eigenvalue weighted by atomic mass is 10.4. The Balaban J connectivity index is 0. The fourth-order valence-electron chi connectivity index (χ4n) is 1.95. The number of hydrogen-bond acceptors (Lipinski definition) is 1. The molecule has 0 bridgehead atoms. The van der Waals surface area contributed by atoms with Gasteiger partial charge in [0.1, 0.15) is 0 Å².